The summed E-state index contributed by atoms with van der Waals surface area (Å²) < 4.78 is 30.5. The van der Waals surface area contributed by atoms with Gasteiger partial charge in [0.2, 0.25) is 0 Å². The number of carbonyl (C=O) groups excluding carboxylic acids is 2. The van der Waals surface area contributed by atoms with Crippen molar-refractivity contribution in [2.24, 2.45) is 17.8 Å². The number of esters is 1. The zero-order chi connectivity index (χ0) is 19.1. The van der Waals surface area contributed by atoms with Crippen molar-refractivity contribution in [3.05, 3.63) is 42.5 Å². The van der Waals surface area contributed by atoms with Crippen molar-refractivity contribution in [2.45, 2.75) is 42.2 Å². The second kappa shape index (κ2) is 6.65. The largest absolute Gasteiger partial charge is 0.468 e. The summed E-state index contributed by atoms with van der Waals surface area (Å²) in [5.41, 5.74) is 0.527. The van der Waals surface area contributed by atoms with Crippen LogP contribution in [-0.4, -0.2) is 32.0 Å². The predicted octanol–water partition coefficient (Wildman–Crippen LogP) is 2.95. The molecule has 0 aliphatic heterocycles. The average molecular weight is 376 g/mol. The highest BCUT2D eigenvalue weighted by molar-refractivity contribution is 7.93. The molecule has 0 saturated heterocycles. The van der Waals surface area contributed by atoms with Crippen molar-refractivity contribution in [1.29, 1.82) is 0 Å². The Labute approximate surface area is 154 Å². The van der Waals surface area contributed by atoms with Gasteiger partial charge < -0.3 is 4.74 Å². The fraction of sp³-hybridized carbons (Fsp3) is 0.500. The number of methoxy groups -OCH3 is 1. The molecule has 1 aromatic carbocycles. The molecule has 140 valence electrons. The molecule has 0 amide bonds. The molecule has 2 aliphatic rings. The van der Waals surface area contributed by atoms with E-state index in [4.69, 9.17) is 4.74 Å². The molecule has 26 heavy (non-hydrogen) atoms. The van der Waals surface area contributed by atoms with Gasteiger partial charge in [0, 0.05) is 18.3 Å². The first kappa shape index (κ1) is 18.8. The van der Waals surface area contributed by atoms with E-state index in [-0.39, 0.29) is 23.0 Å². The van der Waals surface area contributed by atoms with E-state index in [1.807, 2.05) is 6.92 Å². The molecule has 2 saturated carbocycles. The monoisotopic (exact) mass is 376 g/mol. The average Bonchev–Trinajstić information content (AvgIpc) is 2.87. The van der Waals surface area contributed by atoms with Crippen molar-refractivity contribution >= 4 is 21.6 Å². The van der Waals surface area contributed by atoms with Crippen molar-refractivity contribution in [2.75, 3.05) is 7.11 Å². The van der Waals surface area contributed by atoms with E-state index in [9.17, 15) is 18.0 Å². The third kappa shape index (κ3) is 2.54. The number of fused-ring (bicyclic) bond motifs is 1. The molecule has 0 heterocycles. The maximum Gasteiger partial charge on any atom is 0.328 e. The molecule has 6 heteroatoms. The van der Waals surface area contributed by atoms with E-state index in [1.165, 1.54) is 19.2 Å². The van der Waals surface area contributed by atoms with Crippen LogP contribution in [0, 0.1) is 17.8 Å². The highest BCUT2D eigenvalue weighted by Crippen LogP contribution is 2.56. The van der Waals surface area contributed by atoms with Crippen LogP contribution in [0.1, 0.15) is 32.6 Å². The van der Waals surface area contributed by atoms with Gasteiger partial charge in [0.1, 0.15) is 5.78 Å². The number of Topliss-reactive ketones (excluding diaryl/α,β-unsaturated/α-hetero) is 1. The lowest BCUT2D eigenvalue weighted by Gasteiger charge is -2.36. The molecule has 0 radical (unpaired) electrons. The lowest BCUT2D eigenvalue weighted by molar-refractivity contribution is -0.145. The van der Waals surface area contributed by atoms with Crippen LogP contribution in [-0.2, 0) is 24.2 Å². The van der Waals surface area contributed by atoms with Gasteiger partial charge in [-0.2, -0.15) is 0 Å². The zero-order valence-corrected chi connectivity index (χ0v) is 15.9. The van der Waals surface area contributed by atoms with Crippen LogP contribution in [0.5, 0.6) is 0 Å². The molecule has 0 spiro atoms. The van der Waals surface area contributed by atoms with E-state index < -0.39 is 32.4 Å². The third-order valence-corrected chi connectivity index (χ3v) is 8.37. The predicted molar refractivity (Wildman–Crippen MR) is 97.1 cm³/mol. The summed E-state index contributed by atoms with van der Waals surface area (Å²) in [7, 11) is -2.88. The lowest BCUT2D eigenvalue weighted by Crippen LogP contribution is -2.53. The summed E-state index contributed by atoms with van der Waals surface area (Å²) in [4.78, 5) is 25.7. The van der Waals surface area contributed by atoms with E-state index in [0.29, 0.717) is 24.8 Å². The van der Waals surface area contributed by atoms with Crippen molar-refractivity contribution in [3.63, 3.8) is 0 Å². The summed E-state index contributed by atoms with van der Waals surface area (Å²) in [6, 6.07) is 7.94. The number of ketones is 1. The minimum Gasteiger partial charge on any atom is -0.468 e. The molecule has 4 atom stereocenters. The zero-order valence-electron chi connectivity index (χ0n) is 15.1. The number of carbonyl (C=O) groups is 2. The van der Waals surface area contributed by atoms with Gasteiger partial charge in [0.25, 0.3) is 0 Å². The van der Waals surface area contributed by atoms with Crippen LogP contribution in [0.3, 0.4) is 0 Å². The van der Waals surface area contributed by atoms with Crippen LogP contribution in [0.15, 0.2) is 47.4 Å². The first-order chi connectivity index (χ1) is 12.3. The third-order valence-electron chi connectivity index (χ3n) is 5.93. The summed E-state index contributed by atoms with van der Waals surface area (Å²) in [5, 5.41) is 0. The Kier molecular flexibility index (Phi) is 4.82. The number of benzene rings is 1. The fourth-order valence-corrected chi connectivity index (χ4v) is 7.15. The number of ether oxygens (including phenoxy) is 1. The van der Waals surface area contributed by atoms with Gasteiger partial charge in [0.15, 0.2) is 14.6 Å². The first-order valence-corrected chi connectivity index (χ1v) is 10.3. The molecular formula is C20H24O5S. The van der Waals surface area contributed by atoms with Crippen LogP contribution in [0.4, 0.5) is 0 Å². The molecule has 0 aromatic heterocycles. The van der Waals surface area contributed by atoms with Crippen LogP contribution in [0.25, 0.3) is 0 Å². The van der Waals surface area contributed by atoms with Crippen molar-refractivity contribution < 1.29 is 22.7 Å². The maximum atomic E-state index is 13.7. The van der Waals surface area contributed by atoms with Crippen LogP contribution in [0.2, 0.25) is 0 Å². The Morgan fingerprint density at radius 3 is 2.54 bits per heavy atom. The van der Waals surface area contributed by atoms with Gasteiger partial charge in [-0.15, -0.1) is 0 Å². The molecule has 1 aromatic rings. The molecule has 0 unspecified atom stereocenters. The Bertz CT molecular complexity index is 842. The smallest absolute Gasteiger partial charge is 0.328 e. The summed E-state index contributed by atoms with van der Waals surface area (Å²) in [6.45, 7) is 5.91. The first-order valence-electron chi connectivity index (χ1n) is 8.86. The molecule has 5 nitrogen and oxygen atoms in total. The normalized spacial score (nSPS) is 32.0. The van der Waals surface area contributed by atoms with Gasteiger partial charge >= 0.3 is 5.97 Å². The summed E-state index contributed by atoms with van der Waals surface area (Å²) in [5.74, 6) is -2.18. The van der Waals surface area contributed by atoms with Crippen molar-refractivity contribution in [3.8, 4) is 0 Å². The van der Waals surface area contributed by atoms with Gasteiger partial charge in [0.05, 0.1) is 12.0 Å². The topological polar surface area (TPSA) is 77.5 Å². The highest BCUT2D eigenvalue weighted by atomic mass is 32.2. The number of sulfone groups is 1. The Morgan fingerprint density at radius 1 is 1.27 bits per heavy atom. The van der Waals surface area contributed by atoms with E-state index in [2.05, 4.69) is 6.58 Å². The highest BCUT2D eigenvalue weighted by Gasteiger charge is 2.67. The van der Waals surface area contributed by atoms with E-state index >= 15 is 0 Å². The molecule has 3 rings (SSSR count). The van der Waals surface area contributed by atoms with Gasteiger partial charge in [-0.25, -0.2) is 8.42 Å². The van der Waals surface area contributed by atoms with Crippen LogP contribution < -0.4 is 0 Å². The maximum absolute atomic E-state index is 13.7. The number of allylic oxidation sites excluding steroid dienone is 1. The minimum absolute atomic E-state index is 0.0154. The molecule has 2 aliphatic carbocycles. The molecular weight excluding hydrogens is 352 g/mol. The Morgan fingerprint density at radius 2 is 1.92 bits per heavy atom. The molecule has 0 bridgehead atoms. The second-order valence-electron chi connectivity index (χ2n) is 7.37. The second-order valence-corrected chi connectivity index (χ2v) is 9.58. The summed E-state index contributed by atoms with van der Waals surface area (Å²) >= 11 is 0. The van der Waals surface area contributed by atoms with Crippen molar-refractivity contribution in [1.82, 2.24) is 0 Å². The van der Waals surface area contributed by atoms with Gasteiger partial charge in [-0.1, -0.05) is 37.3 Å². The molecule has 0 N–H and O–H groups in total. The number of hydrogen-bond acceptors (Lipinski definition) is 5. The quantitative estimate of drug-likeness (QED) is 0.599. The van der Waals surface area contributed by atoms with Gasteiger partial charge in [-0.05, 0) is 37.3 Å². The fourth-order valence-electron chi connectivity index (χ4n) is 4.81. The standard InChI is InChI=1S/C20H24O5S/c1-13-8-7-11-16(21)17-14(2)12-20(18(13)17,19(22)25-3)26(23,24)15-9-5-4-6-10-15/h4-6,9-10,13,17-18H,2,7-8,11-12H2,1,3H3/t13-,17-,18+,20+/m0/s1. The van der Waals surface area contributed by atoms with E-state index in [1.54, 1.807) is 18.2 Å². The minimum atomic E-state index is -4.08. The number of rotatable bonds is 3. The van der Waals surface area contributed by atoms with Gasteiger partial charge in [-0.3, -0.25) is 9.59 Å². The molecule has 2 fully saturated rings. The summed E-state index contributed by atoms with van der Waals surface area (Å²) in [6.07, 6.45) is 1.72. The van der Waals surface area contributed by atoms with Crippen LogP contribution >= 0.6 is 0 Å². The Balaban J connectivity index is 2.28. The lowest BCUT2D eigenvalue weighted by atomic mass is 9.77. The number of hydrogen-bond donors (Lipinski definition) is 0. The van der Waals surface area contributed by atoms with E-state index in [0.717, 1.165) is 0 Å². The SMILES string of the molecule is C=C1C[C@@](C(=O)OC)(S(=O)(=O)c2ccccc2)[C@H]2[C@@H]1C(=O)CCC[C@@H]2C. The Hall–Kier alpha value is -1.95.